The quantitative estimate of drug-likeness (QED) is 0.821. The molecular weight excluding hydrogens is 272 g/mol. The summed E-state index contributed by atoms with van der Waals surface area (Å²) in [5.41, 5.74) is -0.673. The second-order valence-corrected chi connectivity index (χ2v) is 6.98. The van der Waals surface area contributed by atoms with Gasteiger partial charge >= 0.3 is 0 Å². The molecule has 0 spiro atoms. The van der Waals surface area contributed by atoms with E-state index in [0.29, 0.717) is 12.6 Å². The molecule has 2 rings (SSSR count). The maximum Gasteiger partial charge on any atom is 0.185 e. The number of nitrogens with one attached hydrogen (secondary N) is 1. The molecule has 1 aromatic heterocycles. The number of aromatic nitrogens is 1. The molecule has 1 fully saturated rings. The zero-order valence-corrected chi connectivity index (χ0v) is 13.5. The van der Waals surface area contributed by atoms with Gasteiger partial charge in [0.05, 0.1) is 5.60 Å². The van der Waals surface area contributed by atoms with Gasteiger partial charge in [0.2, 0.25) is 0 Å². The van der Waals surface area contributed by atoms with Crippen LogP contribution in [-0.2, 0) is 0 Å². The smallest absolute Gasteiger partial charge is 0.185 e. The zero-order chi connectivity index (χ0) is 14.6. The Labute approximate surface area is 125 Å². The maximum absolute atomic E-state index is 10.4. The second kappa shape index (κ2) is 6.85. The van der Waals surface area contributed by atoms with E-state index in [4.69, 9.17) is 0 Å². The van der Waals surface area contributed by atoms with Gasteiger partial charge in [-0.2, -0.15) is 0 Å². The SMILES string of the molecule is CC(C)NCC(C)(O)CN1CCN(c2nccs2)CC1. The number of β-amino-alcohol motifs (C(OH)–C–C–N with tert-alkyl or cyclic N) is 1. The van der Waals surface area contributed by atoms with E-state index in [2.05, 4.69) is 33.9 Å². The summed E-state index contributed by atoms with van der Waals surface area (Å²) in [6, 6.07) is 0.406. The van der Waals surface area contributed by atoms with Gasteiger partial charge in [-0.05, 0) is 6.92 Å². The van der Waals surface area contributed by atoms with E-state index in [9.17, 15) is 5.11 Å². The first-order valence-corrected chi connectivity index (χ1v) is 8.17. The molecule has 0 bridgehead atoms. The number of nitrogens with zero attached hydrogens (tertiary/aromatic N) is 3. The van der Waals surface area contributed by atoms with Gasteiger partial charge < -0.3 is 15.3 Å². The summed E-state index contributed by atoms with van der Waals surface area (Å²) in [7, 11) is 0. The summed E-state index contributed by atoms with van der Waals surface area (Å²) < 4.78 is 0. The summed E-state index contributed by atoms with van der Waals surface area (Å²) in [4.78, 5) is 9.02. The summed E-state index contributed by atoms with van der Waals surface area (Å²) in [5.74, 6) is 0. The topological polar surface area (TPSA) is 51.6 Å². The second-order valence-electron chi connectivity index (χ2n) is 6.11. The first-order chi connectivity index (χ1) is 9.46. The lowest BCUT2D eigenvalue weighted by molar-refractivity contribution is 0.0172. The Kier molecular flexibility index (Phi) is 5.37. The summed E-state index contributed by atoms with van der Waals surface area (Å²) in [6.07, 6.45) is 1.86. The molecular formula is C14H26N4OS. The van der Waals surface area contributed by atoms with Crippen LogP contribution in [0, 0.1) is 0 Å². The van der Waals surface area contributed by atoms with Crippen molar-refractivity contribution in [2.45, 2.75) is 32.4 Å². The van der Waals surface area contributed by atoms with E-state index in [-0.39, 0.29) is 0 Å². The standard InChI is InChI=1S/C14H26N4OS/c1-12(2)16-10-14(3,19)11-17-5-7-18(8-6-17)13-15-4-9-20-13/h4,9,12,16,19H,5-8,10-11H2,1-3H3. The van der Waals surface area contributed by atoms with Gasteiger partial charge in [0, 0.05) is 56.9 Å². The van der Waals surface area contributed by atoms with Crippen LogP contribution in [0.4, 0.5) is 5.13 Å². The van der Waals surface area contributed by atoms with Crippen molar-refractivity contribution in [3.05, 3.63) is 11.6 Å². The van der Waals surface area contributed by atoms with Gasteiger partial charge in [-0.15, -0.1) is 11.3 Å². The van der Waals surface area contributed by atoms with Gasteiger partial charge in [0.15, 0.2) is 5.13 Å². The molecule has 114 valence electrons. The molecule has 2 N–H and O–H groups in total. The third kappa shape index (κ3) is 4.70. The van der Waals surface area contributed by atoms with Crippen molar-refractivity contribution in [3.63, 3.8) is 0 Å². The predicted molar refractivity (Wildman–Crippen MR) is 84.5 cm³/mol. The van der Waals surface area contributed by atoms with Crippen LogP contribution >= 0.6 is 11.3 Å². The molecule has 1 aliphatic heterocycles. The van der Waals surface area contributed by atoms with Crippen molar-refractivity contribution < 1.29 is 5.11 Å². The van der Waals surface area contributed by atoms with Crippen LogP contribution < -0.4 is 10.2 Å². The average molecular weight is 298 g/mol. The lowest BCUT2D eigenvalue weighted by Crippen LogP contribution is -2.54. The molecule has 1 saturated heterocycles. The third-order valence-electron chi connectivity index (χ3n) is 3.52. The molecule has 20 heavy (non-hydrogen) atoms. The highest BCUT2D eigenvalue weighted by molar-refractivity contribution is 7.13. The van der Waals surface area contributed by atoms with Crippen molar-refractivity contribution in [3.8, 4) is 0 Å². The van der Waals surface area contributed by atoms with Crippen molar-refractivity contribution in [1.82, 2.24) is 15.2 Å². The van der Waals surface area contributed by atoms with Crippen molar-refractivity contribution in [2.75, 3.05) is 44.2 Å². The van der Waals surface area contributed by atoms with E-state index in [0.717, 1.165) is 37.9 Å². The first-order valence-electron chi connectivity index (χ1n) is 7.29. The molecule has 1 atom stereocenters. The van der Waals surface area contributed by atoms with Gasteiger partial charge in [-0.3, -0.25) is 4.90 Å². The molecule has 0 saturated carbocycles. The molecule has 1 aliphatic rings. The van der Waals surface area contributed by atoms with Crippen LogP contribution in [-0.4, -0.2) is 65.9 Å². The fraction of sp³-hybridized carbons (Fsp3) is 0.786. The van der Waals surface area contributed by atoms with Gasteiger partial charge in [-0.1, -0.05) is 13.8 Å². The van der Waals surface area contributed by atoms with Crippen LogP contribution in [0.15, 0.2) is 11.6 Å². The Morgan fingerprint density at radius 2 is 2.10 bits per heavy atom. The van der Waals surface area contributed by atoms with E-state index < -0.39 is 5.60 Å². The van der Waals surface area contributed by atoms with E-state index in [1.807, 2.05) is 18.5 Å². The Balaban J connectivity index is 1.76. The third-order valence-corrected chi connectivity index (χ3v) is 4.35. The first kappa shape index (κ1) is 15.7. The van der Waals surface area contributed by atoms with Crippen LogP contribution in [0.25, 0.3) is 0 Å². The fourth-order valence-electron chi connectivity index (χ4n) is 2.43. The molecule has 2 heterocycles. The molecule has 0 amide bonds. The number of anilines is 1. The number of rotatable bonds is 6. The Hall–Kier alpha value is -0.690. The van der Waals surface area contributed by atoms with E-state index in [1.165, 1.54) is 0 Å². The van der Waals surface area contributed by atoms with Gasteiger partial charge in [-0.25, -0.2) is 4.98 Å². The van der Waals surface area contributed by atoms with Crippen LogP contribution in [0.2, 0.25) is 0 Å². The summed E-state index contributed by atoms with van der Waals surface area (Å²) in [6.45, 7) is 11.4. The fourth-order valence-corrected chi connectivity index (χ4v) is 3.13. The number of hydrogen-bond acceptors (Lipinski definition) is 6. The van der Waals surface area contributed by atoms with Gasteiger partial charge in [0.25, 0.3) is 0 Å². The molecule has 1 aromatic rings. The average Bonchev–Trinajstić information content (AvgIpc) is 2.91. The summed E-state index contributed by atoms with van der Waals surface area (Å²) in [5, 5.41) is 16.9. The monoisotopic (exact) mass is 298 g/mol. The molecule has 5 nitrogen and oxygen atoms in total. The largest absolute Gasteiger partial charge is 0.388 e. The van der Waals surface area contributed by atoms with E-state index >= 15 is 0 Å². The van der Waals surface area contributed by atoms with Gasteiger partial charge in [0.1, 0.15) is 0 Å². The molecule has 1 unspecified atom stereocenters. The highest BCUT2D eigenvalue weighted by Crippen LogP contribution is 2.19. The minimum atomic E-state index is -0.673. The number of aliphatic hydroxyl groups is 1. The van der Waals surface area contributed by atoms with Crippen LogP contribution in [0.3, 0.4) is 0 Å². The van der Waals surface area contributed by atoms with E-state index in [1.54, 1.807) is 11.3 Å². The Morgan fingerprint density at radius 1 is 1.40 bits per heavy atom. The molecule has 6 heteroatoms. The zero-order valence-electron chi connectivity index (χ0n) is 12.7. The normalized spacial score (nSPS) is 20.4. The highest BCUT2D eigenvalue weighted by Gasteiger charge is 2.27. The van der Waals surface area contributed by atoms with Crippen LogP contribution in [0.1, 0.15) is 20.8 Å². The van der Waals surface area contributed by atoms with Crippen molar-refractivity contribution in [1.29, 1.82) is 0 Å². The summed E-state index contributed by atoms with van der Waals surface area (Å²) >= 11 is 1.69. The molecule has 0 aliphatic carbocycles. The Morgan fingerprint density at radius 3 is 2.65 bits per heavy atom. The molecule has 0 radical (unpaired) electrons. The number of thiazole rings is 1. The highest BCUT2D eigenvalue weighted by atomic mass is 32.1. The van der Waals surface area contributed by atoms with Crippen LogP contribution in [0.5, 0.6) is 0 Å². The number of piperazine rings is 1. The lowest BCUT2D eigenvalue weighted by Gasteiger charge is -2.38. The maximum atomic E-state index is 10.4. The minimum Gasteiger partial charge on any atom is -0.388 e. The lowest BCUT2D eigenvalue weighted by atomic mass is 10.1. The number of hydrogen-bond donors (Lipinski definition) is 2. The molecule has 0 aromatic carbocycles. The van der Waals surface area contributed by atoms with Crippen molar-refractivity contribution in [2.24, 2.45) is 0 Å². The van der Waals surface area contributed by atoms with Crippen molar-refractivity contribution >= 4 is 16.5 Å². The minimum absolute atomic E-state index is 0.406. The Bertz CT molecular complexity index is 386. The predicted octanol–water partition coefficient (Wildman–Crippen LogP) is 1.01.